The number of nitrogens with one attached hydrogen (secondary N) is 1. The maximum atomic E-state index is 12.5. The molecule has 0 radical (unpaired) electrons. The molecule has 1 aromatic carbocycles. The van der Waals surface area contributed by atoms with Gasteiger partial charge in [-0.15, -0.1) is 0 Å². The van der Waals surface area contributed by atoms with Gasteiger partial charge in [0.2, 0.25) is 5.91 Å². The molecule has 2 bridgehead atoms. The number of ether oxygens (including phenoxy) is 1. The molecular formula is C14H11Br2NO4. The number of benzene rings is 1. The van der Waals surface area contributed by atoms with Gasteiger partial charge in [-0.05, 0) is 12.1 Å². The van der Waals surface area contributed by atoms with Crippen molar-refractivity contribution in [1.82, 2.24) is 0 Å². The topological polar surface area (TPSA) is 75.6 Å². The summed E-state index contributed by atoms with van der Waals surface area (Å²) in [6.45, 7) is 0. The highest BCUT2D eigenvalue weighted by atomic mass is 79.9. The Morgan fingerprint density at radius 2 is 1.62 bits per heavy atom. The van der Waals surface area contributed by atoms with Crippen LogP contribution in [0.25, 0.3) is 0 Å². The third-order valence-electron chi connectivity index (χ3n) is 3.69. The Kier molecular flexibility index (Phi) is 3.90. The number of fused-ring (bicyclic) bond motifs is 2. The number of halogens is 2. The number of rotatable bonds is 3. The number of carboxylic acid groups (broad SMARTS) is 1. The maximum Gasteiger partial charge on any atom is 0.310 e. The van der Waals surface area contributed by atoms with E-state index in [0.717, 1.165) is 0 Å². The van der Waals surface area contributed by atoms with Crippen molar-refractivity contribution in [1.29, 1.82) is 0 Å². The number of carbonyl (C=O) groups excluding carboxylic acids is 1. The fourth-order valence-electron chi connectivity index (χ4n) is 2.74. The number of amides is 1. The van der Waals surface area contributed by atoms with Crippen LogP contribution in [-0.4, -0.2) is 29.2 Å². The van der Waals surface area contributed by atoms with E-state index in [2.05, 4.69) is 37.2 Å². The van der Waals surface area contributed by atoms with Gasteiger partial charge in [-0.1, -0.05) is 50.1 Å². The molecule has 2 aliphatic heterocycles. The van der Waals surface area contributed by atoms with Crippen LogP contribution in [0.2, 0.25) is 0 Å². The van der Waals surface area contributed by atoms with E-state index in [0.29, 0.717) is 14.7 Å². The number of anilines is 1. The average Bonchev–Trinajstić information content (AvgIpc) is 2.98. The van der Waals surface area contributed by atoms with E-state index in [1.165, 1.54) is 0 Å². The molecule has 1 amide bonds. The van der Waals surface area contributed by atoms with Crippen molar-refractivity contribution in [2.45, 2.75) is 12.2 Å². The van der Waals surface area contributed by atoms with Gasteiger partial charge in [0.05, 0.1) is 5.92 Å². The second-order valence-electron chi connectivity index (χ2n) is 4.92. The summed E-state index contributed by atoms with van der Waals surface area (Å²) in [5.41, 5.74) is 0.633. The molecule has 5 nitrogen and oxygen atoms in total. The Hall–Kier alpha value is -1.18. The van der Waals surface area contributed by atoms with Gasteiger partial charge in [0.1, 0.15) is 18.1 Å². The van der Waals surface area contributed by atoms with Crippen molar-refractivity contribution in [3.63, 3.8) is 0 Å². The summed E-state index contributed by atoms with van der Waals surface area (Å²) in [6, 6.07) is 8.94. The van der Waals surface area contributed by atoms with Gasteiger partial charge in [0.15, 0.2) is 0 Å². The minimum absolute atomic E-state index is 0.349. The van der Waals surface area contributed by atoms with Crippen LogP contribution < -0.4 is 5.32 Å². The predicted molar refractivity (Wildman–Crippen MR) is 83.2 cm³/mol. The first-order valence-electron chi connectivity index (χ1n) is 6.30. The normalized spacial score (nSPS) is 30.6. The summed E-state index contributed by atoms with van der Waals surface area (Å²) in [6.07, 6.45) is -1.18. The fourth-order valence-corrected chi connectivity index (χ4v) is 3.98. The molecule has 0 unspecified atom stereocenters. The molecule has 7 heteroatoms. The van der Waals surface area contributed by atoms with Gasteiger partial charge in [0, 0.05) is 14.7 Å². The molecule has 2 aliphatic rings. The Morgan fingerprint density at radius 3 is 2.19 bits per heavy atom. The number of carboxylic acids is 1. The molecule has 0 aliphatic carbocycles. The molecule has 0 spiro atoms. The summed E-state index contributed by atoms with van der Waals surface area (Å²) in [7, 11) is 0. The third kappa shape index (κ3) is 2.43. The number of hydrogen-bond donors (Lipinski definition) is 2. The van der Waals surface area contributed by atoms with Crippen molar-refractivity contribution in [2.75, 3.05) is 5.32 Å². The lowest BCUT2D eigenvalue weighted by atomic mass is 9.82. The standard InChI is InChI=1S/C14H11Br2NO4/c15-9-10(16)12-8(14(19)20)7(11(9)21-12)13(18)17-6-4-2-1-3-5-6/h1-5,7-8,11-12H,(H,17,18)(H,19,20)/t7-,8+,11-,12-/m1/s1. The van der Waals surface area contributed by atoms with E-state index >= 15 is 0 Å². The second kappa shape index (κ2) is 5.55. The van der Waals surface area contributed by atoms with E-state index < -0.39 is 30.0 Å². The number of hydrogen-bond acceptors (Lipinski definition) is 3. The zero-order valence-corrected chi connectivity index (χ0v) is 13.8. The molecule has 2 N–H and O–H groups in total. The average molecular weight is 417 g/mol. The largest absolute Gasteiger partial charge is 0.481 e. The number of para-hydroxylation sites is 1. The molecule has 1 saturated heterocycles. The quantitative estimate of drug-likeness (QED) is 0.794. The first kappa shape index (κ1) is 14.7. The first-order valence-corrected chi connectivity index (χ1v) is 7.88. The molecule has 0 aromatic heterocycles. The minimum Gasteiger partial charge on any atom is -0.481 e. The Balaban J connectivity index is 1.87. The molecule has 4 atom stereocenters. The summed E-state index contributed by atoms with van der Waals surface area (Å²) < 4.78 is 7.01. The smallest absolute Gasteiger partial charge is 0.310 e. The molecule has 3 rings (SSSR count). The summed E-state index contributed by atoms with van der Waals surface area (Å²) >= 11 is 6.69. The van der Waals surface area contributed by atoms with Crippen LogP contribution in [0.1, 0.15) is 0 Å². The Morgan fingerprint density at radius 1 is 1.05 bits per heavy atom. The zero-order chi connectivity index (χ0) is 15.1. The van der Waals surface area contributed by atoms with E-state index in [4.69, 9.17) is 4.74 Å². The minimum atomic E-state index is -1.03. The highest BCUT2D eigenvalue weighted by molar-refractivity contribution is 9.14. The van der Waals surface area contributed by atoms with Crippen LogP contribution in [0, 0.1) is 11.8 Å². The molecule has 2 heterocycles. The second-order valence-corrected chi connectivity index (χ2v) is 6.63. The molecular weight excluding hydrogens is 406 g/mol. The summed E-state index contributed by atoms with van der Waals surface area (Å²) in [5, 5.41) is 12.2. The first-order chi connectivity index (χ1) is 10.0. The summed E-state index contributed by atoms with van der Waals surface area (Å²) in [4.78, 5) is 24.0. The monoisotopic (exact) mass is 415 g/mol. The van der Waals surface area contributed by atoms with Gasteiger partial charge in [-0.2, -0.15) is 0 Å². The van der Waals surface area contributed by atoms with Crippen molar-refractivity contribution in [3.8, 4) is 0 Å². The Labute approximate surface area is 137 Å². The molecule has 1 fully saturated rings. The van der Waals surface area contributed by atoms with E-state index in [1.54, 1.807) is 24.3 Å². The van der Waals surface area contributed by atoms with Gasteiger partial charge in [-0.3, -0.25) is 9.59 Å². The molecule has 110 valence electrons. The van der Waals surface area contributed by atoms with Crippen molar-refractivity contribution < 1.29 is 19.4 Å². The highest BCUT2D eigenvalue weighted by Crippen LogP contribution is 2.51. The molecule has 0 saturated carbocycles. The number of aliphatic carboxylic acids is 1. The fraction of sp³-hybridized carbons (Fsp3) is 0.286. The van der Waals surface area contributed by atoms with Gasteiger partial charge >= 0.3 is 5.97 Å². The van der Waals surface area contributed by atoms with Gasteiger partial charge < -0.3 is 15.2 Å². The lowest BCUT2D eigenvalue weighted by Gasteiger charge is -2.24. The van der Waals surface area contributed by atoms with E-state index in [1.807, 2.05) is 6.07 Å². The van der Waals surface area contributed by atoms with Crippen LogP contribution >= 0.6 is 31.9 Å². The van der Waals surface area contributed by atoms with Crippen LogP contribution in [0.4, 0.5) is 5.69 Å². The van der Waals surface area contributed by atoms with Crippen molar-refractivity contribution in [2.24, 2.45) is 11.8 Å². The maximum absolute atomic E-state index is 12.5. The summed E-state index contributed by atoms with van der Waals surface area (Å²) in [5.74, 6) is -3.04. The zero-order valence-electron chi connectivity index (χ0n) is 10.6. The van der Waals surface area contributed by atoms with Crippen molar-refractivity contribution in [3.05, 3.63) is 39.3 Å². The van der Waals surface area contributed by atoms with Gasteiger partial charge in [-0.25, -0.2) is 0 Å². The van der Waals surface area contributed by atoms with E-state index in [9.17, 15) is 14.7 Å². The van der Waals surface area contributed by atoms with E-state index in [-0.39, 0.29) is 5.91 Å². The molecule has 21 heavy (non-hydrogen) atoms. The van der Waals surface area contributed by atoms with Crippen LogP contribution in [0.3, 0.4) is 0 Å². The lowest BCUT2D eigenvalue weighted by molar-refractivity contribution is -0.146. The highest BCUT2D eigenvalue weighted by Gasteiger charge is 2.58. The Bertz CT molecular complexity index is 631. The molecule has 1 aromatic rings. The third-order valence-corrected chi connectivity index (χ3v) is 5.98. The van der Waals surface area contributed by atoms with Crippen LogP contribution in [0.15, 0.2) is 39.3 Å². The van der Waals surface area contributed by atoms with Crippen LogP contribution in [0.5, 0.6) is 0 Å². The SMILES string of the molecule is O=C(Nc1ccccc1)[C@@H]1[C@H](C(=O)O)[C@H]2O[C@H]1C(Br)=C2Br. The van der Waals surface area contributed by atoms with Crippen molar-refractivity contribution >= 4 is 49.4 Å². The number of carbonyl (C=O) groups is 2. The van der Waals surface area contributed by atoms with Gasteiger partial charge in [0.25, 0.3) is 0 Å². The lowest BCUT2D eigenvalue weighted by Crippen LogP contribution is -2.40. The van der Waals surface area contributed by atoms with Crippen LogP contribution in [-0.2, 0) is 14.3 Å². The predicted octanol–water partition coefficient (Wildman–Crippen LogP) is 2.72.